The molecular formula is C17H24ClN3. The van der Waals surface area contributed by atoms with Crippen LogP contribution in [0.4, 0.5) is 0 Å². The molecule has 21 heavy (non-hydrogen) atoms. The zero-order valence-electron chi connectivity index (χ0n) is 13.3. The molecule has 0 fully saturated rings. The average molecular weight is 306 g/mol. The Kier molecular flexibility index (Phi) is 5.43. The van der Waals surface area contributed by atoms with Gasteiger partial charge in [0.25, 0.3) is 0 Å². The van der Waals surface area contributed by atoms with Gasteiger partial charge in [-0.05, 0) is 32.4 Å². The SMILES string of the molecule is CCc1nn(C)c(CC(CNC)c2ccc(C)cc2)c1Cl. The number of rotatable bonds is 6. The molecule has 1 aromatic heterocycles. The summed E-state index contributed by atoms with van der Waals surface area (Å²) in [6.45, 7) is 5.12. The Balaban J connectivity index is 2.28. The standard InChI is InChI=1S/C17H24ClN3/c1-5-15-17(18)16(21(4)20-15)10-14(11-19-3)13-8-6-12(2)7-9-13/h6-9,14,19H,5,10-11H2,1-4H3. The fraction of sp³-hybridized carbons (Fsp3) is 0.471. The van der Waals surface area contributed by atoms with Gasteiger partial charge in [0.2, 0.25) is 0 Å². The molecule has 2 rings (SSSR count). The van der Waals surface area contributed by atoms with Crippen LogP contribution >= 0.6 is 11.6 Å². The molecule has 0 bridgehead atoms. The maximum Gasteiger partial charge on any atom is 0.0849 e. The number of hydrogen-bond acceptors (Lipinski definition) is 2. The fourth-order valence-electron chi connectivity index (χ4n) is 2.67. The van der Waals surface area contributed by atoms with Gasteiger partial charge in [-0.3, -0.25) is 4.68 Å². The van der Waals surface area contributed by atoms with E-state index in [2.05, 4.69) is 48.5 Å². The van der Waals surface area contributed by atoms with E-state index in [9.17, 15) is 0 Å². The molecule has 4 heteroatoms. The molecule has 114 valence electrons. The first-order valence-electron chi connectivity index (χ1n) is 7.48. The quantitative estimate of drug-likeness (QED) is 0.885. The maximum atomic E-state index is 6.48. The third kappa shape index (κ3) is 3.66. The molecule has 0 aliphatic rings. The first-order valence-corrected chi connectivity index (χ1v) is 7.86. The minimum Gasteiger partial charge on any atom is -0.319 e. The van der Waals surface area contributed by atoms with E-state index in [4.69, 9.17) is 11.6 Å². The molecule has 2 aromatic rings. The number of aryl methyl sites for hydroxylation is 3. The number of aromatic nitrogens is 2. The highest BCUT2D eigenvalue weighted by Gasteiger charge is 2.19. The molecule has 0 saturated heterocycles. The second kappa shape index (κ2) is 7.10. The van der Waals surface area contributed by atoms with Crippen LogP contribution in [0.2, 0.25) is 5.02 Å². The molecule has 0 saturated carbocycles. The molecule has 1 aromatic carbocycles. The Morgan fingerprint density at radius 1 is 1.29 bits per heavy atom. The molecule has 1 N–H and O–H groups in total. The van der Waals surface area contributed by atoms with Crippen LogP contribution in [0.3, 0.4) is 0 Å². The molecular weight excluding hydrogens is 282 g/mol. The fourth-order valence-corrected chi connectivity index (χ4v) is 3.04. The van der Waals surface area contributed by atoms with Crippen molar-refractivity contribution in [3.8, 4) is 0 Å². The number of benzene rings is 1. The van der Waals surface area contributed by atoms with Crippen LogP contribution < -0.4 is 5.32 Å². The minimum atomic E-state index is 0.396. The Bertz CT molecular complexity index is 587. The number of likely N-dealkylation sites (N-methyl/N-ethyl adjacent to an activating group) is 1. The lowest BCUT2D eigenvalue weighted by molar-refractivity contribution is 0.590. The summed E-state index contributed by atoms with van der Waals surface area (Å²) in [5, 5.41) is 8.63. The summed E-state index contributed by atoms with van der Waals surface area (Å²) in [4.78, 5) is 0. The Morgan fingerprint density at radius 2 is 1.95 bits per heavy atom. The summed E-state index contributed by atoms with van der Waals surface area (Å²) >= 11 is 6.48. The lowest BCUT2D eigenvalue weighted by Crippen LogP contribution is -2.20. The molecule has 0 spiro atoms. The molecule has 0 amide bonds. The second-order valence-corrected chi connectivity index (χ2v) is 5.93. The topological polar surface area (TPSA) is 29.9 Å². The summed E-state index contributed by atoms with van der Waals surface area (Å²) in [7, 11) is 3.97. The van der Waals surface area contributed by atoms with Crippen molar-refractivity contribution in [1.29, 1.82) is 0 Å². The highest BCUT2D eigenvalue weighted by molar-refractivity contribution is 6.31. The number of nitrogens with zero attached hydrogens (tertiary/aromatic N) is 2. The van der Waals surface area contributed by atoms with Gasteiger partial charge < -0.3 is 5.32 Å². The van der Waals surface area contributed by atoms with Crippen LogP contribution in [-0.4, -0.2) is 23.4 Å². The van der Waals surface area contributed by atoms with Gasteiger partial charge >= 0.3 is 0 Å². The van der Waals surface area contributed by atoms with E-state index in [1.54, 1.807) is 0 Å². The van der Waals surface area contributed by atoms with Crippen LogP contribution in [0, 0.1) is 6.92 Å². The van der Waals surface area contributed by atoms with Crippen LogP contribution in [0.5, 0.6) is 0 Å². The highest BCUT2D eigenvalue weighted by atomic mass is 35.5. The molecule has 1 heterocycles. The number of nitrogens with one attached hydrogen (secondary N) is 1. The normalized spacial score (nSPS) is 12.6. The van der Waals surface area contributed by atoms with E-state index < -0.39 is 0 Å². The Hall–Kier alpha value is -1.32. The van der Waals surface area contributed by atoms with Crippen LogP contribution in [0.25, 0.3) is 0 Å². The Labute approximate surface area is 132 Å². The van der Waals surface area contributed by atoms with E-state index in [1.807, 2.05) is 18.8 Å². The predicted molar refractivity (Wildman–Crippen MR) is 89.1 cm³/mol. The van der Waals surface area contributed by atoms with Crippen molar-refractivity contribution in [2.75, 3.05) is 13.6 Å². The Morgan fingerprint density at radius 3 is 2.48 bits per heavy atom. The van der Waals surface area contributed by atoms with Gasteiger partial charge in [0.05, 0.1) is 16.4 Å². The molecule has 3 nitrogen and oxygen atoms in total. The third-order valence-electron chi connectivity index (χ3n) is 3.94. The molecule has 1 atom stereocenters. The van der Waals surface area contributed by atoms with Gasteiger partial charge in [0.15, 0.2) is 0 Å². The number of halogens is 1. The van der Waals surface area contributed by atoms with Crippen LogP contribution in [0.1, 0.15) is 35.4 Å². The first kappa shape index (κ1) is 16.1. The van der Waals surface area contributed by atoms with E-state index in [1.165, 1.54) is 11.1 Å². The van der Waals surface area contributed by atoms with E-state index in [0.717, 1.165) is 35.8 Å². The van der Waals surface area contributed by atoms with Crippen molar-refractivity contribution in [2.45, 2.75) is 32.6 Å². The van der Waals surface area contributed by atoms with Crippen molar-refractivity contribution in [3.63, 3.8) is 0 Å². The minimum absolute atomic E-state index is 0.396. The van der Waals surface area contributed by atoms with Crippen molar-refractivity contribution in [1.82, 2.24) is 15.1 Å². The van der Waals surface area contributed by atoms with E-state index in [0.29, 0.717) is 5.92 Å². The molecule has 0 aliphatic carbocycles. The van der Waals surface area contributed by atoms with E-state index in [-0.39, 0.29) is 0 Å². The van der Waals surface area contributed by atoms with Gasteiger partial charge in [0, 0.05) is 19.5 Å². The summed E-state index contributed by atoms with van der Waals surface area (Å²) in [6, 6.07) is 8.76. The van der Waals surface area contributed by atoms with Gasteiger partial charge in [-0.2, -0.15) is 5.10 Å². The summed E-state index contributed by atoms with van der Waals surface area (Å²) in [6.07, 6.45) is 1.76. The summed E-state index contributed by atoms with van der Waals surface area (Å²) < 4.78 is 1.93. The van der Waals surface area contributed by atoms with Crippen molar-refractivity contribution in [3.05, 3.63) is 51.8 Å². The molecule has 0 radical (unpaired) electrons. The first-order chi connectivity index (χ1) is 10.1. The van der Waals surface area contributed by atoms with Gasteiger partial charge in [0.1, 0.15) is 0 Å². The van der Waals surface area contributed by atoms with Crippen LogP contribution in [-0.2, 0) is 19.9 Å². The lowest BCUT2D eigenvalue weighted by Gasteiger charge is -2.18. The van der Waals surface area contributed by atoms with E-state index >= 15 is 0 Å². The van der Waals surface area contributed by atoms with Gasteiger partial charge in [-0.15, -0.1) is 0 Å². The highest BCUT2D eigenvalue weighted by Crippen LogP contribution is 2.27. The van der Waals surface area contributed by atoms with Crippen LogP contribution in [0.15, 0.2) is 24.3 Å². The third-order valence-corrected chi connectivity index (χ3v) is 4.38. The largest absolute Gasteiger partial charge is 0.319 e. The van der Waals surface area contributed by atoms with Crippen molar-refractivity contribution < 1.29 is 0 Å². The van der Waals surface area contributed by atoms with Gasteiger partial charge in [-0.1, -0.05) is 48.4 Å². The maximum absolute atomic E-state index is 6.48. The zero-order valence-corrected chi connectivity index (χ0v) is 14.0. The summed E-state index contributed by atoms with van der Waals surface area (Å²) in [5.41, 5.74) is 4.73. The lowest BCUT2D eigenvalue weighted by atomic mass is 9.93. The summed E-state index contributed by atoms with van der Waals surface area (Å²) in [5.74, 6) is 0.396. The smallest absolute Gasteiger partial charge is 0.0849 e. The zero-order chi connectivity index (χ0) is 15.4. The van der Waals surface area contributed by atoms with Gasteiger partial charge in [-0.25, -0.2) is 0 Å². The predicted octanol–water partition coefficient (Wildman–Crippen LogP) is 3.49. The average Bonchev–Trinajstić information content (AvgIpc) is 2.75. The second-order valence-electron chi connectivity index (χ2n) is 5.55. The monoisotopic (exact) mass is 305 g/mol. The number of hydrogen-bond donors (Lipinski definition) is 1. The van der Waals surface area contributed by atoms with Crippen molar-refractivity contribution >= 4 is 11.6 Å². The molecule has 1 unspecified atom stereocenters. The molecule has 0 aliphatic heterocycles. The van der Waals surface area contributed by atoms with Crippen molar-refractivity contribution in [2.24, 2.45) is 7.05 Å².